The number of hydrogen-bond donors (Lipinski definition) is 0. The van der Waals surface area contributed by atoms with E-state index in [9.17, 15) is 28.0 Å². The van der Waals surface area contributed by atoms with Crippen LogP contribution >= 0.6 is 0 Å². The van der Waals surface area contributed by atoms with Crippen molar-refractivity contribution in [1.82, 2.24) is 9.55 Å². The Morgan fingerprint density at radius 2 is 1.67 bits per heavy atom. The number of ether oxygens (including phenoxy) is 4. The SMILES string of the molecule is CCOC(=O)OC(C#N)c1cc2nc(N(C(=O)OCC)c3ccc(OC(F)(F)F)cc3)n(C3CC(C)(C)CC(C)(C)C3)c2cc1C. The Kier molecular flexibility index (Phi) is 9.80. The lowest BCUT2D eigenvalue weighted by atomic mass is 9.63. The van der Waals surface area contributed by atoms with Crippen LogP contribution in [0.3, 0.4) is 0 Å². The number of amides is 1. The normalized spacial score (nSPS) is 16.7. The minimum Gasteiger partial charge on any atom is -0.449 e. The second kappa shape index (κ2) is 13.1. The maximum absolute atomic E-state index is 13.6. The highest BCUT2D eigenvalue weighted by Gasteiger charge is 2.42. The van der Waals surface area contributed by atoms with Crippen LogP contribution in [-0.4, -0.2) is 41.4 Å². The second-order valence-corrected chi connectivity index (χ2v) is 12.9. The Morgan fingerprint density at radius 3 is 2.22 bits per heavy atom. The van der Waals surface area contributed by atoms with Gasteiger partial charge in [-0.3, -0.25) is 0 Å². The van der Waals surface area contributed by atoms with E-state index in [0.29, 0.717) is 22.2 Å². The van der Waals surface area contributed by atoms with E-state index in [2.05, 4.69) is 32.4 Å². The Balaban J connectivity index is 1.95. The summed E-state index contributed by atoms with van der Waals surface area (Å²) >= 11 is 0. The van der Waals surface area contributed by atoms with Crippen molar-refractivity contribution in [3.8, 4) is 11.8 Å². The molecule has 248 valence electrons. The van der Waals surface area contributed by atoms with Crippen LogP contribution < -0.4 is 9.64 Å². The number of aromatic nitrogens is 2. The van der Waals surface area contributed by atoms with Crippen molar-refractivity contribution < 1.29 is 41.7 Å². The lowest BCUT2D eigenvalue weighted by Crippen LogP contribution is -2.37. The van der Waals surface area contributed by atoms with Crippen molar-refractivity contribution >= 4 is 34.9 Å². The Hall–Kier alpha value is -4.47. The number of aryl methyl sites for hydroxylation is 1. The Morgan fingerprint density at radius 1 is 1.07 bits per heavy atom. The van der Waals surface area contributed by atoms with E-state index in [1.54, 1.807) is 26.8 Å². The molecule has 3 aromatic rings. The lowest BCUT2D eigenvalue weighted by Gasteiger charge is -2.46. The topological polar surface area (TPSA) is 116 Å². The highest BCUT2D eigenvalue weighted by molar-refractivity contribution is 5.96. The quantitative estimate of drug-likeness (QED) is 0.223. The molecule has 1 aliphatic rings. The van der Waals surface area contributed by atoms with Crippen molar-refractivity contribution in [2.45, 2.75) is 86.2 Å². The molecule has 0 N–H and O–H groups in total. The van der Waals surface area contributed by atoms with E-state index in [1.807, 2.05) is 16.7 Å². The summed E-state index contributed by atoms with van der Waals surface area (Å²) in [7, 11) is 0. The number of halogens is 3. The molecule has 4 rings (SSSR count). The highest BCUT2D eigenvalue weighted by atomic mass is 19.4. The molecule has 0 saturated heterocycles. The summed E-state index contributed by atoms with van der Waals surface area (Å²) in [5, 5.41) is 9.88. The van der Waals surface area contributed by atoms with E-state index >= 15 is 0 Å². The first-order valence-corrected chi connectivity index (χ1v) is 15.1. The monoisotopic (exact) mass is 644 g/mol. The molecular weight excluding hydrogens is 605 g/mol. The van der Waals surface area contributed by atoms with Gasteiger partial charge in [-0.25, -0.2) is 19.5 Å². The van der Waals surface area contributed by atoms with Crippen LogP contribution in [0.15, 0.2) is 36.4 Å². The van der Waals surface area contributed by atoms with Gasteiger partial charge in [-0.05, 0) is 92.8 Å². The number of nitriles is 1. The van der Waals surface area contributed by atoms with Crippen molar-refractivity contribution in [3.63, 3.8) is 0 Å². The van der Waals surface area contributed by atoms with Crippen LogP contribution in [0.4, 0.5) is 34.4 Å². The predicted octanol–water partition coefficient (Wildman–Crippen LogP) is 9.05. The molecule has 1 fully saturated rings. The number of carbonyl (C=O) groups is 2. The average molecular weight is 645 g/mol. The number of alkyl halides is 3. The zero-order valence-corrected chi connectivity index (χ0v) is 27.0. The molecule has 1 atom stereocenters. The van der Waals surface area contributed by atoms with Crippen LogP contribution in [0, 0.1) is 29.1 Å². The van der Waals surface area contributed by atoms with Crippen LogP contribution in [0.1, 0.15) is 84.1 Å². The summed E-state index contributed by atoms with van der Waals surface area (Å²) in [4.78, 5) is 31.8. The average Bonchev–Trinajstić information content (AvgIpc) is 3.27. The van der Waals surface area contributed by atoms with Gasteiger partial charge < -0.3 is 23.5 Å². The molecule has 0 bridgehead atoms. The first-order chi connectivity index (χ1) is 21.5. The first-order valence-electron chi connectivity index (χ1n) is 15.1. The second-order valence-electron chi connectivity index (χ2n) is 12.9. The van der Waals surface area contributed by atoms with Crippen LogP contribution in [0.25, 0.3) is 11.0 Å². The molecule has 1 heterocycles. The fourth-order valence-corrected chi connectivity index (χ4v) is 6.71. The van der Waals surface area contributed by atoms with Gasteiger partial charge in [0.25, 0.3) is 0 Å². The van der Waals surface area contributed by atoms with Gasteiger partial charge in [0.2, 0.25) is 12.1 Å². The molecule has 13 heteroatoms. The van der Waals surface area contributed by atoms with Crippen LogP contribution in [0.2, 0.25) is 0 Å². The van der Waals surface area contributed by atoms with E-state index in [1.165, 1.54) is 17.0 Å². The molecule has 10 nitrogen and oxygen atoms in total. The summed E-state index contributed by atoms with van der Waals surface area (Å²) in [5.74, 6) is -0.262. The smallest absolute Gasteiger partial charge is 0.449 e. The fraction of sp³-hybridized carbons (Fsp3) is 0.515. The van der Waals surface area contributed by atoms with Gasteiger partial charge in [-0.1, -0.05) is 27.7 Å². The van der Waals surface area contributed by atoms with Crippen molar-refractivity contribution in [2.24, 2.45) is 10.8 Å². The van der Waals surface area contributed by atoms with E-state index in [4.69, 9.17) is 19.2 Å². The number of anilines is 2. The van der Waals surface area contributed by atoms with Crippen molar-refractivity contribution in [1.29, 1.82) is 5.26 Å². The standard InChI is InChI=1S/C33H39F3N4O6/c1-8-43-29(41)40(21-10-12-23(13-11-21)46-33(34,35)36)28-38-25-15-24(27(18-37)45-30(42)44-9-2)20(3)14-26(25)39(28)22-16-31(4,5)19-32(6,7)17-22/h10-15,22,27H,8-9,16-17,19H2,1-7H3. The fourth-order valence-electron chi connectivity index (χ4n) is 6.71. The van der Waals surface area contributed by atoms with E-state index in [-0.39, 0.29) is 41.7 Å². The number of carbonyl (C=O) groups excluding carboxylic acids is 2. The molecule has 46 heavy (non-hydrogen) atoms. The van der Waals surface area contributed by atoms with Crippen molar-refractivity contribution in [3.05, 3.63) is 47.5 Å². The van der Waals surface area contributed by atoms with Gasteiger partial charge in [-0.2, -0.15) is 5.26 Å². The number of benzene rings is 2. The van der Waals surface area contributed by atoms with Gasteiger partial charge in [-0.15, -0.1) is 13.2 Å². The molecule has 0 radical (unpaired) electrons. The largest absolute Gasteiger partial charge is 0.573 e. The van der Waals surface area contributed by atoms with Gasteiger partial charge in [0.15, 0.2) is 0 Å². The molecule has 1 aliphatic carbocycles. The molecule has 0 spiro atoms. The minimum atomic E-state index is -4.88. The third-order valence-corrected chi connectivity index (χ3v) is 7.81. The summed E-state index contributed by atoms with van der Waals surface area (Å²) in [5.41, 5.74) is 2.17. The van der Waals surface area contributed by atoms with Gasteiger partial charge in [0.1, 0.15) is 11.8 Å². The van der Waals surface area contributed by atoms with E-state index < -0.39 is 30.5 Å². The Bertz CT molecular complexity index is 1610. The molecule has 1 unspecified atom stereocenters. The molecule has 1 saturated carbocycles. The molecule has 2 aromatic carbocycles. The maximum atomic E-state index is 13.6. The minimum absolute atomic E-state index is 0.0344. The molecule has 0 aliphatic heterocycles. The Labute approximate surface area is 266 Å². The number of imidazole rings is 1. The van der Waals surface area contributed by atoms with Crippen LogP contribution in [-0.2, 0) is 14.2 Å². The van der Waals surface area contributed by atoms with Gasteiger partial charge >= 0.3 is 18.6 Å². The van der Waals surface area contributed by atoms with E-state index in [0.717, 1.165) is 31.4 Å². The van der Waals surface area contributed by atoms with Gasteiger partial charge in [0, 0.05) is 11.6 Å². The number of fused-ring (bicyclic) bond motifs is 1. The number of nitrogens with zero attached hydrogens (tertiary/aromatic N) is 4. The number of rotatable bonds is 8. The third-order valence-electron chi connectivity index (χ3n) is 7.81. The maximum Gasteiger partial charge on any atom is 0.573 e. The first kappa shape index (κ1) is 34.4. The lowest BCUT2D eigenvalue weighted by molar-refractivity contribution is -0.274. The number of hydrogen-bond acceptors (Lipinski definition) is 8. The third kappa shape index (κ3) is 7.84. The zero-order chi connectivity index (χ0) is 34.0. The molecular formula is C33H39F3N4O6. The molecule has 1 aromatic heterocycles. The summed E-state index contributed by atoms with van der Waals surface area (Å²) in [6.45, 7) is 13.9. The zero-order valence-electron chi connectivity index (χ0n) is 27.0. The molecule has 1 amide bonds. The van der Waals surface area contributed by atoms with Crippen LogP contribution in [0.5, 0.6) is 5.75 Å². The summed E-state index contributed by atoms with van der Waals surface area (Å²) < 4.78 is 60.2. The van der Waals surface area contributed by atoms with Gasteiger partial charge in [0.05, 0.1) is 29.9 Å². The van der Waals surface area contributed by atoms with Crippen molar-refractivity contribution in [2.75, 3.05) is 18.1 Å². The summed E-state index contributed by atoms with van der Waals surface area (Å²) in [6, 6.07) is 10.2. The predicted molar refractivity (Wildman–Crippen MR) is 164 cm³/mol. The summed E-state index contributed by atoms with van der Waals surface area (Å²) in [6.07, 6.45) is -5.47. The highest BCUT2D eigenvalue weighted by Crippen LogP contribution is 2.52.